The maximum atomic E-state index is 12.7. The van der Waals surface area contributed by atoms with Gasteiger partial charge in [0.15, 0.2) is 0 Å². The third kappa shape index (κ3) is 3.15. The Balaban J connectivity index is 2.01. The normalized spacial score (nSPS) is 10.3. The molecule has 2 aromatic heterocycles. The molecule has 0 aliphatic carbocycles. The monoisotopic (exact) mass is 295 g/mol. The minimum absolute atomic E-state index is 0.0816. The SMILES string of the molecule is Cc1nc(CNC(=O)c2ccc(F)cn2)sc1C(=O)O. The predicted molar refractivity (Wildman–Crippen MR) is 69.2 cm³/mol. The van der Waals surface area contributed by atoms with Gasteiger partial charge in [0.25, 0.3) is 5.91 Å². The van der Waals surface area contributed by atoms with E-state index in [4.69, 9.17) is 5.11 Å². The number of aromatic nitrogens is 2. The molecule has 6 nitrogen and oxygen atoms in total. The van der Waals surface area contributed by atoms with Gasteiger partial charge in [-0.1, -0.05) is 0 Å². The molecule has 0 saturated heterocycles. The van der Waals surface area contributed by atoms with Crippen LogP contribution < -0.4 is 5.32 Å². The fourth-order valence-corrected chi connectivity index (χ4v) is 2.33. The largest absolute Gasteiger partial charge is 0.477 e. The van der Waals surface area contributed by atoms with E-state index in [1.165, 1.54) is 6.07 Å². The molecule has 2 aromatic rings. The van der Waals surface area contributed by atoms with Crippen molar-refractivity contribution in [1.29, 1.82) is 0 Å². The summed E-state index contributed by atoms with van der Waals surface area (Å²) in [5.41, 5.74) is 0.491. The molecule has 104 valence electrons. The summed E-state index contributed by atoms with van der Waals surface area (Å²) in [5.74, 6) is -2.05. The number of hydrogen-bond acceptors (Lipinski definition) is 5. The van der Waals surface area contributed by atoms with Crippen LogP contribution in [0.4, 0.5) is 4.39 Å². The lowest BCUT2D eigenvalue weighted by molar-refractivity contribution is 0.0701. The average Bonchev–Trinajstić information content (AvgIpc) is 2.78. The van der Waals surface area contributed by atoms with Crippen molar-refractivity contribution in [2.24, 2.45) is 0 Å². The first-order valence-electron chi connectivity index (χ1n) is 5.56. The highest BCUT2D eigenvalue weighted by molar-refractivity contribution is 7.13. The molecule has 0 spiro atoms. The zero-order chi connectivity index (χ0) is 14.7. The van der Waals surface area contributed by atoms with E-state index in [-0.39, 0.29) is 17.1 Å². The van der Waals surface area contributed by atoms with Crippen molar-refractivity contribution >= 4 is 23.2 Å². The summed E-state index contributed by atoms with van der Waals surface area (Å²) in [5, 5.41) is 11.9. The third-order valence-corrected chi connectivity index (χ3v) is 3.54. The molecule has 0 aliphatic heterocycles. The molecule has 0 unspecified atom stereocenters. The van der Waals surface area contributed by atoms with Crippen molar-refractivity contribution in [2.45, 2.75) is 13.5 Å². The number of amides is 1. The van der Waals surface area contributed by atoms with Gasteiger partial charge >= 0.3 is 5.97 Å². The first kappa shape index (κ1) is 14.1. The summed E-state index contributed by atoms with van der Waals surface area (Å²) in [6.45, 7) is 1.68. The fraction of sp³-hybridized carbons (Fsp3) is 0.167. The van der Waals surface area contributed by atoms with Crippen molar-refractivity contribution in [3.63, 3.8) is 0 Å². The van der Waals surface area contributed by atoms with E-state index < -0.39 is 17.7 Å². The Morgan fingerprint density at radius 1 is 1.45 bits per heavy atom. The van der Waals surface area contributed by atoms with Crippen molar-refractivity contribution < 1.29 is 19.1 Å². The number of carboxylic acid groups (broad SMARTS) is 1. The zero-order valence-electron chi connectivity index (χ0n) is 10.4. The molecule has 0 aromatic carbocycles. The lowest BCUT2D eigenvalue weighted by atomic mass is 10.3. The maximum absolute atomic E-state index is 12.7. The molecule has 0 bridgehead atoms. The van der Waals surface area contributed by atoms with Gasteiger partial charge in [0, 0.05) is 0 Å². The zero-order valence-corrected chi connectivity index (χ0v) is 11.2. The van der Waals surface area contributed by atoms with E-state index in [0.717, 1.165) is 23.6 Å². The van der Waals surface area contributed by atoms with Crippen LogP contribution in [0.25, 0.3) is 0 Å². The number of carbonyl (C=O) groups is 2. The maximum Gasteiger partial charge on any atom is 0.347 e. The van der Waals surface area contributed by atoms with Crippen LogP contribution in [-0.4, -0.2) is 27.0 Å². The van der Waals surface area contributed by atoms with Gasteiger partial charge in [0.05, 0.1) is 18.4 Å². The first-order chi connectivity index (χ1) is 9.47. The number of carbonyl (C=O) groups excluding carboxylic acids is 1. The summed E-state index contributed by atoms with van der Waals surface area (Å²) in [7, 11) is 0. The molecule has 0 aliphatic rings. The molecular formula is C12H10FN3O3S. The fourth-order valence-electron chi connectivity index (χ4n) is 1.48. The van der Waals surface area contributed by atoms with E-state index >= 15 is 0 Å². The predicted octanol–water partition coefficient (Wildman–Crippen LogP) is 1.61. The van der Waals surface area contributed by atoms with Crippen LogP contribution in [0.1, 0.15) is 30.9 Å². The quantitative estimate of drug-likeness (QED) is 0.894. The Bertz CT molecular complexity index is 654. The number of carboxylic acids is 1. The van der Waals surface area contributed by atoms with Crippen LogP contribution in [0.3, 0.4) is 0 Å². The second-order valence-corrected chi connectivity index (χ2v) is 4.96. The Morgan fingerprint density at radius 2 is 2.20 bits per heavy atom. The highest BCUT2D eigenvalue weighted by Crippen LogP contribution is 2.17. The van der Waals surface area contributed by atoms with Crippen LogP contribution in [0.15, 0.2) is 18.3 Å². The number of hydrogen-bond donors (Lipinski definition) is 2. The number of aromatic carboxylic acids is 1. The lowest BCUT2D eigenvalue weighted by Gasteiger charge is -2.01. The molecule has 20 heavy (non-hydrogen) atoms. The second kappa shape index (κ2) is 5.74. The third-order valence-electron chi connectivity index (χ3n) is 2.40. The van der Waals surface area contributed by atoms with Crippen LogP contribution in [0.2, 0.25) is 0 Å². The number of halogens is 1. The molecule has 1 amide bonds. The van der Waals surface area contributed by atoms with Gasteiger partial charge in [-0.2, -0.15) is 0 Å². The summed E-state index contributed by atoms with van der Waals surface area (Å²) >= 11 is 1.00. The number of nitrogens with one attached hydrogen (secondary N) is 1. The van der Waals surface area contributed by atoms with Crippen LogP contribution >= 0.6 is 11.3 Å². The highest BCUT2D eigenvalue weighted by atomic mass is 32.1. The lowest BCUT2D eigenvalue weighted by Crippen LogP contribution is -2.23. The second-order valence-electron chi connectivity index (χ2n) is 3.87. The van der Waals surface area contributed by atoms with E-state index in [1.54, 1.807) is 6.92 Å². The van der Waals surface area contributed by atoms with Gasteiger partial charge in [0.2, 0.25) is 0 Å². The van der Waals surface area contributed by atoms with Gasteiger partial charge in [-0.25, -0.2) is 19.2 Å². The summed E-state index contributed by atoms with van der Waals surface area (Å²) in [6, 6.07) is 2.40. The molecule has 2 N–H and O–H groups in total. The Labute approximate surface area is 117 Å². The minimum atomic E-state index is -1.04. The number of thiazole rings is 1. The van der Waals surface area contributed by atoms with E-state index in [2.05, 4.69) is 15.3 Å². The molecule has 8 heteroatoms. The molecule has 0 radical (unpaired) electrons. The Kier molecular flexibility index (Phi) is 4.04. The van der Waals surface area contributed by atoms with Crippen molar-refractivity contribution in [3.05, 3.63) is 45.4 Å². The minimum Gasteiger partial charge on any atom is -0.477 e. The Hall–Kier alpha value is -2.35. The van der Waals surface area contributed by atoms with E-state index in [1.807, 2.05) is 0 Å². The summed E-state index contributed by atoms with van der Waals surface area (Å²) < 4.78 is 12.7. The van der Waals surface area contributed by atoms with Crippen LogP contribution in [0.5, 0.6) is 0 Å². The topological polar surface area (TPSA) is 92.2 Å². The molecule has 0 fully saturated rings. The van der Waals surface area contributed by atoms with Gasteiger partial charge in [-0.05, 0) is 19.1 Å². The molecule has 0 saturated carbocycles. The Morgan fingerprint density at radius 3 is 2.75 bits per heavy atom. The number of rotatable bonds is 4. The average molecular weight is 295 g/mol. The van der Waals surface area contributed by atoms with Crippen LogP contribution in [-0.2, 0) is 6.54 Å². The number of pyridine rings is 1. The van der Waals surface area contributed by atoms with Gasteiger partial charge in [0.1, 0.15) is 21.4 Å². The van der Waals surface area contributed by atoms with Gasteiger partial charge in [-0.15, -0.1) is 11.3 Å². The van der Waals surface area contributed by atoms with E-state index in [0.29, 0.717) is 10.7 Å². The summed E-state index contributed by atoms with van der Waals surface area (Å²) in [6.07, 6.45) is 0.949. The smallest absolute Gasteiger partial charge is 0.347 e. The summed E-state index contributed by atoms with van der Waals surface area (Å²) in [4.78, 5) is 30.4. The number of nitrogens with zero attached hydrogens (tertiary/aromatic N) is 2. The molecule has 0 atom stereocenters. The van der Waals surface area contributed by atoms with Gasteiger partial charge < -0.3 is 10.4 Å². The first-order valence-corrected chi connectivity index (χ1v) is 6.38. The van der Waals surface area contributed by atoms with Crippen molar-refractivity contribution in [3.8, 4) is 0 Å². The van der Waals surface area contributed by atoms with E-state index in [9.17, 15) is 14.0 Å². The standard InChI is InChI=1S/C12H10FN3O3S/c1-6-10(12(18)19)20-9(16-6)5-15-11(17)8-3-2-7(13)4-14-8/h2-4H,5H2,1H3,(H,15,17)(H,18,19). The van der Waals surface area contributed by atoms with Crippen molar-refractivity contribution in [2.75, 3.05) is 0 Å². The van der Waals surface area contributed by atoms with Gasteiger partial charge in [-0.3, -0.25) is 4.79 Å². The number of aryl methyl sites for hydroxylation is 1. The molecular weight excluding hydrogens is 285 g/mol. The highest BCUT2D eigenvalue weighted by Gasteiger charge is 2.15. The molecule has 2 heterocycles. The molecule has 2 rings (SSSR count). The van der Waals surface area contributed by atoms with Crippen LogP contribution in [0, 0.1) is 12.7 Å². The van der Waals surface area contributed by atoms with Crippen molar-refractivity contribution in [1.82, 2.24) is 15.3 Å².